The zero-order chi connectivity index (χ0) is 13.7. The maximum atomic E-state index is 12.1. The van der Waals surface area contributed by atoms with E-state index in [2.05, 4.69) is 29.7 Å². The number of anilines is 1. The summed E-state index contributed by atoms with van der Waals surface area (Å²) >= 11 is 0. The van der Waals surface area contributed by atoms with Crippen LogP contribution in [0.5, 0.6) is 0 Å². The average Bonchev–Trinajstić information content (AvgIpc) is 2.40. The molecule has 3 nitrogen and oxygen atoms in total. The van der Waals surface area contributed by atoms with Gasteiger partial charge in [-0.1, -0.05) is 31.4 Å². The second-order valence-corrected chi connectivity index (χ2v) is 5.58. The second kappa shape index (κ2) is 6.60. The maximum Gasteiger partial charge on any atom is 0.242 e. The summed E-state index contributed by atoms with van der Waals surface area (Å²) in [5.41, 5.74) is 2.20. The van der Waals surface area contributed by atoms with Gasteiger partial charge in [0.05, 0.1) is 0 Å². The molecule has 1 unspecified atom stereocenters. The summed E-state index contributed by atoms with van der Waals surface area (Å²) in [6, 6.07) is 8.30. The standard InChI is InChI=1S/C16H24N2O/c1-12-7-6-10-15(11-12)17-13(2)16(19)18-14-8-4-3-5-9-14/h6-7,10-11,13-14,17H,3-5,8-9H2,1-2H3,(H,18,19). The lowest BCUT2D eigenvalue weighted by atomic mass is 9.95. The van der Waals surface area contributed by atoms with Crippen LogP contribution >= 0.6 is 0 Å². The number of aryl methyl sites for hydroxylation is 1. The van der Waals surface area contributed by atoms with Crippen LogP contribution in [0.4, 0.5) is 5.69 Å². The predicted molar refractivity (Wildman–Crippen MR) is 79.3 cm³/mol. The number of amides is 1. The number of hydrogen-bond acceptors (Lipinski definition) is 2. The molecule has 0 bridgehead atoms. The van der Waals surface area contributed by atoms with E-state index in [-0.39, 0.29) is 11.9 Å². The lowest BCUT2D eigenvalue weighted by Crippen LogP contribution is -2.44. The van der Waals surface area contributed by atoms with Gasteiger partial charge in [0.15, 0.2) is 0 Å². The smallest absolute Gasteiger partial charge is 0.242 e. The molecule has 19 heavy (non-hydrogen) atoms. The Morgan fingerprint density at radius 2 is 2.00 bits per heavy atom. The minimum atomic E-state index is -0.191. The molecule has 1 fully saturated rings. The zero-order valence-corrected chi connectivity index (χ0v) is 11.9. The Morgan fingerprint density at radius 1 is 1.26 bits per heavy atom. The van der Waals surface area contributed by atoms with Gasteiger partial charge in [0, 0.05) is 11.7 Å². The van der Waals surface area contributed by atoms with Crippen molar-refractivity contribution in [1.82, 2.24) is 5.32 Å². The van der Waals surface area contributed by atoms with Crippen molar-refractivity contribution in [3.05, 3.63) is 29.8 Å². The summed E-state index contributed by atoms with van der Waals surface area (Å²) in [7, 11) is 0. The molecule has 104 valence electrons. The van der Waals surface area contributed by atoms with E-state index in [1.807, 2.05) is 19.1 Å². The first kappa shape index (κ1) is 13.9. The second-order valence-electron chi connectivity index (χ2n) is 5.58. The maximum absolute atomic E-state index is 12.1. The number of carbonyl (C=O) groups is 1. The van der Waals surface area contributed by atoms with E-state index in [4.69, 9.17) is 0 Å². The molecule has 2 rings (SSSR count). The van der Waals surface area contributed by atoms with Gasteiger partial charge < -0.3 is 10.6 Å². The highest BCUT2D eigenvalue weighted by Gasteiger charge is 2.19. The van der Waals surface area contributed by atoms with Gasteiger partial charge >= 0.3 is 0 Å². The zero-order valence-electron chi connectivity index (χ0n) is 11.9. The molecule has 1 aromatic carbocycles. The van der Waals surface area contributed by atoms with E-state index >= 15 is 0 Å². The minimum absolute atomic E-state index is 0.105. The third-order valence-electron chi connectivity index (χ3n) is 3.75. The van der Waals surface area contributed by atoms with Gasteiger partial charge in [0.25, 0.3) is 0 Å². The molecule has 2 N–H and O–H groups in total. The van der Waals surface area contributed by atoms with Crippen LogP contribution in [-0.2, 0) is 4.79 Å². The summed E-state index contributed by atoms with van der Waals surface area (Å²) in [6.07, 6.45) is 6.05. The van der Waals surface area contributed by atoms with Crippen LogP contribution < -0.4 is 10.6 Å². The Hall–Kier alpha value is -1.51. The van der Waals surface area contributed by atoms with Gasteiger partial charge in [-0.3, -0.25) is 4.79 Å². The van der Waals surface area contributed by atoms with E-state index in [1.54, 1.807) is 0 Å². The van der Waals surface area contributed by atoms with Crippen LogP contribution in [-0.4, -0.2) is 18.0 Å². The summed E-state index contributed by atoms with van der Waals surface area (Å²) in [6.45, 7) is 3.97. The van der Waals surface area contributed by atoms with E-state index in [0.29, 0.717) is 6.04 Å². The molecule has 3 heteroatoms. The summed E-state index contributed by atoms with van der Waals surface area (Å²) in [5.74, 6) is 0.105. The van der Waals surface area contributed by atoms with Crippen LogP contribution in [0.15, 0.2) is 24.3 Å². The number of nitrogens with one attached hydrogen (secondary N) is 2. The van der Waals surface area contributed by atoms with Crippen molar-refractivity contribution in [3.63, 3.8) is 0 Å². The summed E-state index contributed by atoms with van der Waals surface area (Å²) < 4.78 is 0. The van der Waals surface area contributed by atoms with E-state index in [1.165, 1.54) is 24.8 Å². The topological polar surface area (TPSA) is 41.1 Å². The van der Waals surface area contributed by atoms with Crippen molar-refractivity contribution < 1.29 is 4.79 Å². The van der Waals surface area contributed by atoms with Crippen LogP contribution in [0.25, 0.3) is 0 Å². The van der Waals surface area contributed by atoms with E-state index < -0.39 is 0 Å². The van der Waals surface area contributed by atoms with E-state index in [9.17, 15) is 4.79 Å². The summed E-state index contributed by atoms with van der Waals surface area (Å²) in [4.78, 5) is 12.1. The van der Waals surface area contributed by atoms with Gasteiger partial charge in [-0.15, -0.1) is 0 Å². The molecule has 1 aliphatic rings. The highest BCUT2D eigenvalue weighted by molar-refractivity contribution is 5.84. The largest absolute Gasteiger partial charge is 0.374 e. The highest BCUT2D eigenvalue weighted by atomic mass is 16.2. The van der Waals surface area contributed by atoms with Crippen LogP contribution in [0.3, 0.4) is 0 Å². The minimum Gasteiger partial charge on any atom is -0.374 e. The third-order valence-corrected chi connectivity index (χ3v) is 3.75. The molecule has 1 aliphatic carbocycles. The first-order valence-corrected chi connectivity index (χ1v) is 7.29. The molecular formula is C16H24N2O. The average molecular weight is 260 g/mol. The van der Waals surface area contributed by atoms with Crippen molar-refractivity contribution in [2.45, 2.75) is 58.0 Å². The number of hydrogen-bond donors (Lipinski definition) is 2. The molecule has 1 saturated carbocycles. The normalized spacial score (nSPS) is 17.8. The van der Waals surface area contributed by atoms with Crippen molar-refractivity contribution in [1.29, 1.82) is 0 Å². The Morgan fingerprint density at radius 3 is 2.68 bits per heavy atom. The van der Waals surface area contributed by atoms with Crippen LogP contribution in [0, 0.1) is 6.92 Å². The molecule has 0 aromatic heterocycles. The number of carbonyl (C=O) groups excluding carboxylic acids is 1. The molecule has 1 atom stereocenters. The first-order valence-electron chi connectivity index (χ1n) is 7.29. The quantitative estimate of drug-likeness (QED) is 0.872. The first-order chi connectivity index (χ1) is 9.15. The lowest BCUT2D eigenvalue weighted by molar-refractivity contribution is -0.122. The lowest BCUT2D eigenvalue weighted by Gasteiger charge is -2.25. The third kappa shape index (κ3) is 4.27. The fourth-order valence-electron chi connectivity index (χ4n) is 2.62. The SMILES string of the molecule is Cc1cccc(NC(C)C(=O)NC2CCCCC2)c1. The molecule has 1 amide bonds. The van der Waals surface area contributed by atoms with E-state index in [0.717, 1.165) is 18.5 Å². The van der Waals surface area contributed by atoms with Crippen molar-refractivity contribution in [3.8, 4) is 0 Å². The number of rotatable bonds is 4. The molecule has 0 radical (unpaired) electrons. The Bertz CT molecular complexity index is 425. The molecule has 0 aliphatic heterocycles. The van der Waals surface area contributed by atoms with Gasteiger partial charge in [-0.2, -0.15) is 0 Å². The van der Waals surface area contributed by atoms with Crippen molar-refractivity contribution >= 4 is 11.6 Å². The van der Waals surface area contributed by atoms with Crippen molar-refractivity contribution in [2.24, 2.45) is 0 Å². The fourth-order valence-corrected chi connectivity index (χ4v) is 2.62. The van der Waals surface area contributed by atoms with Gasteiger partial charge in [0.1, 0.15) is 6.04 Å². The van der Waals surface area contributed by atoms with Gasteiger partial charge in [0.2, 0.25) is 5.91 Å². The summed E-state index contributed by atoms with van der Waals surface area (Å²) in [5, 5.41) is 6.41. The monoisotopic (exact) mass is 260 g/mol. The van der Waals surface area contributed by atoms with Gasteiger partial charge in [-0.25, -0.2) is 0 Å². The Kier molecular flexibility index (Phi) is 4.83. The molecular weight excluding hydrogens is 236 g/mol. The molecule has 0 spiro atoms. The van der Waals surface area contributed by atoms with Crippen LogP contribution in [0.2, 0.25) is 0 Å². The molecule has 0 saturated heterocycles. The predicted octanol–water partition coefficient (Wildman–Crippen LogP) is 3.24. The van der Waals surface area contributed by atoms with Crippen LogP contribution in [0.1, 0.15) is 44.6 Å². The van der Waals surface area contributed by atoms with Gasteiger partial charge in [-0.05, 0) is 44.4 Å². The highest BCUT2D eigenvalue weighted by Crippen LogP contribution is 2.17. The molecule has 1 aromatic rings. The Balaban J connectivity index is 1.84. The number of benzene rings is 1. The fraction of sp³-hybridized carbons (Fsp3) is 0.562. The van der Waals surface area contributed by atoms with Crippen molar-refractivity contribution in [2.75, 3.05) is 5.32 Å². The molecule has 0 heterocycles. The Labute approximate surface area is 115 Å².